The standard InChI is InChI=1S/C20H24O4/c1-13-10-17-16(19(22)11-18(17)20(13)23)9-5-6-14(21)12-24-15-7-3-2-4-8-15/h2-5,7-9,14,16-19,21-22H,1,6,10-12H2/b9-5+/t14?,16-,17-,18-,19+/m0/s1. The van der Waals surface area contributed by atoms with Crippen molar-refractivity contribution in [2.45, 2.75) is 31.5 Å². The predicted octanol–water partition coefficient (Wildman–Crippen LogP) is 2.51. The number of aliphatic hydroxyl groups excluding tert-OH is 2. The van der Waals surface area contributed by atoms with E-state index < -0.39 is 12.2 Å². The Bertz CT molecular complexity index is 622. The molecule has 0 heterocycles. The molecule has 4 heteroatoms. The summed E-state index contributed by atoms with van der Waals surface area (Å²) in [6, 6.07) is 9.38. The lowest BCUT2D eigenvalue weighted by molar-refractivity contribution is -0.118. The van der Waals surface area contributed by atoms with Gasteiger partial charge in [0.1, 0.15) is 12.4 Å². The van der Waals surface area contributed by atoms with Crippen LogP contribution in [0.25, 0.3) is 0 Å². The van der Waals surface area contributed by atoms with Crippen LogP contribution in [0.1, 0.15) is 19.3 Å². The zero-order valence-corrected chi connectivity index (χ0v) is 13.7. The molecule has 1 aromatic carbocycles. The molecule has 2 fully saturated rings. The van der Waals surface area contributed by atoms with Gasteiger partial charge in [0.2, 0.25) is 0 Å². The van der Waals surface area contributed by atoms with Crippen molar-refractivity contribution in [1.82, 2.24) is 0 Å². The van der Waals surface area contributed by atoms with Crippen LogP contribution in [0.5, 0.6) is 5.75 Å². The van der Waals surface area contributed by atoms with E-state index in [-0.39, 0.29) is 30.1 Å². The van der Waals surface area contributed by atoms with Gasteiger partial charge in [-0.15, -0.1) is 0 Å². The summed E-state index contributed by atoms with van der Waals surface area (Å²) >= 11 is 0. The highest BCUT2D eigenvalue weighted by molar-refractivity contribution is 5.99. The second-order valence-corrected chi connectivity index (χ2v) is 6.76. The first-order chi connectivity index (χ1) is 11.6. The van der Waals surface area contributed by atoms with Crippen LogP contribution < -0.4 is 4.74 Å². The van der Waals surface area contributed by atoms with Crippen LogP contribution in [0.4, 0.5) is 0 Å². The van der Waals surface area contributed by atoms with Crippen LogP contribution in [-0.4, -0.2) is 34.8 Å². The molecule has 0 aromatic heterocycles. The first-order valence-corrected chi connectivity index (χ1v) is 8.49. The third kappa shape index (κ3) is 3.60. The summed E-state index contributed by atoms with van der Waals surface area (Å²) in [5.74, 6) is 0.909. The summed E-state index contributed by atoms with van der Waals surface area (Å²) < 4.78 is 5.52. The van der Waals surface area contributed by atoms with Gasteiger partial charge in [-0.25, -0.2) is 0 Å². The van der Waals surface area contributed by atoms with Gasteiger partial charge in [-0.05, 0) is 42.9 Å². The SMILES string of the molecule is C=C1C[C@H]2[C@H](/C=C/CC(O)COc3ccccc3)[C@H](O)C[C@@H]2C1=O. The van der Waals surface area contributed by atoms with E-state index in [1.807, 2.05) is 42.5 Å². The number of ether oxygens (including phenoxy) is 1. The largest absolute Gasteiger partial charge is 0.491 e. The number of hydrogen-bond acceptors (Lipinski definition) is 4. The molecule has 3 rings (SSSR count). The quantitative estimate of drug-likeness (QED) is 0.622. The lowest BCUT2D eigenvalue weighted by Crippen LogP contribution is -2.18. The summed E-state index contributed by atoms with van der Waals surface area (Å²) in [5.41, 5.74) is 0.687. The van der Waals surface area contributed by atoms with Crippen molar-refractivity contribution in [3.8, 4) is 5.75 Å². The number of aliphatic hydroxyl groups is 2. The van der Waals surface area contributed by atoms with Crippen molar-refractivity contribution in [2.75, 3.05) is 6.61 Å². The minimum atomic E-state index is -0.601. The maximum Gasteiger partial charge on any atom is 0.161 e. The van der Waals surface area contributed by atoms with E-state index in [0.29, 0.717) is 24.8 Å². The van der Waals surface area contributed by atoms with Crippen LogP contribution in [0.15, 0.2) is 54.6 Å². The number of carbonyl (C=O) groups excluding carboxylic acids is 1. The smallest absolute Gasteiger partial charge is 0.161 e. The molecule has 128 valence electrons. The Labute approximate surface area is 142 Å². The molecule has 0 spiro atoms. The van der Waals surface area contributed by atoms with Gasteiger partial charge in [-0.3, -0.25) is 4.79 Å². The summed E-state index contributed by atoms with van der Waals surface area (Å²) in [6.45, 7) is 4.05. The Morgan fingerprint density at radius 2 is 2.08 bits per heavy atom. The molecule has 0 amide bonds. The average Bonchev–Trinajstić information content (AvgIpc) is 3.03. The molecule has 0 saturated heterocycles. The van der Waals surface area contributed by atoms with Crippen molar-refractivity contribution in [2.24, 2.45) is 17.8 Å². The zero-order chi connectivity index (χ0) is 17.1. The number of ketones is 1. The monoisotopic (exact) mass is 328 g/mol. The van der Waals surface area contributed by atoms with Crippen LogP contribution >= 0.6 is 0 Å². The fraction of sp³-hybridized carbons (Fsp3) is 0.450. The lowest BCUT2D eigenvalue weighted by Gasteiger charge is -2.17. The van der Waals surface area contributed by atoms with Crippen LogP contribution in [0.2, 0.25) is 0 Å². The summed E-state index contributed by atoms with van der Waals surface area (Å²) in [7, 11) is 0. The first-order valence-electron chi connectivity index (χ1n) is 8.49. The van der Waals surface area contributed by atoms with E-state index in [2.05, 4.69) is 6.58 Å². The van der Waals surface area contributed by atoms with Crippen molar-refractivity contribution >= 4 is 5.78 Å². The average molecular weight is 328 g/mol. The number of hydrogen-bond donors (Lipinski definition) is 2. The number of fused-ring (bicyclic) bond motifs is 1. The third-order valence-electron chi connectivity index (χ3n) is 5.07. The highest BCUT2D eigenvalue weighted by Gasteiger charge is 2.49. The molecule has 0 radical (unpaired) electrons. The molecular formula is C20H24O4. The molecule has 24 heavy (non-hydrogen) atoms. The number of rotatable bonds is 6. The number of allylic oxidation sites excluding steroid dienone is 1. The van der Waals surface area contributed by atoms with E-state index in [1.165, 1.54) is 0 Å². The molecule has 2 aliphatic carbocycles. The molecular weight excluding hydrogens is 304 g/mol. The third-order valence-corrected chi connectivity index (χ3v) is 5.07. The topological polar surface area (TPSA) is 66.8 Å². The summed E-state index contributed by atoms with van der Waals surface area (Å²) in [5, 5.41) is 20.2. The number of benzene rings is 1. The van der Waals surface area contributed by atoms with Crippen molar-refractivity contribution in [3.05, 3.63) is 54.6 Å². The molecule has 5 atom stereocenters. The van der Waals surface area contributed by atoms with Crippen molar-refractivity contribution < 1.29 is 19.7 Å². The Kier molecular flexibility index (Phi) is 5.17. The minimum absolute atomic E-state index is 0.0274. The molecule has 0 aliphatic heterocycles. The van der Waals surface area contributed by atoms with Crippen molar-refractivity contribution in [1.29, 1.82) is 0 Å². The number of Topliss-reactive ketones (excluding diaryl/α,β-unsaturated/α-hetero) is 1. The fourth-order valence-electron chi connectivity index (χ4n) is 3.81. The second kappa shape index (κ2) is 7.32. The van der Waals surface area contributed by atoms with Gasteiger partial charge < -0.3 is 14.9 Å². The molecule has 1 unspecified atom stereocenters. The van der Waals surface area contributed by atoms with Crippen LogP contribution in [0.3, 0.4) is 0 Å². The van der Waals surface area contributed by atoms with Gasteiger partial charge in [0.15, 0.2) is 5.78 Å². The highest BCUT2D eigenvalue weighted by Crippen LogP contribution is 2.48. The predicted molar refractivity (Wildman–Crippen MR) is 91.6 cm³/mol. The molecule has 2 N–H and O–H groups in total. The van der Waals surface area contributed by atoms with Gasteiger partial charge in [0.05, 0.1) is 12.2 Å². The normalized spacial score (nSPS) is 30.8. The lowest BCUT2D eigenvalue weighted by atomic mass is 9.90. The number of carbonyl (C=O) groups is 1. The maximum absolute atomic E-state index is 12.0. The number of para-hydroxylation sites is 1. The maximum atomic E-state index is 12.0. The molecule has 2 aliphatic rings. The summed E-state index contributed by atoms with van der Waals surface area (Å²) in [4.78, 5) is 12.0. The molecule has 1 aromatic rings. The van der Waals surface area contributed by atoms with E-state index >= 15 is 0 Å². The van der Waals surface area contributed by atoms with E-state index in [0.717, 1.165) is 5.75 Å². The van der Waals surface area contributed by atoms with Crippen LogP contribution in [0, 0.1) is 17.8 Å². The first kappa shape index (κ1) is 16.9. The Morgan fingerprint density at radius 3 is 2.83 bits per heavy atom. The Morgan fingerprint density at radius 1 is 1.33 bits per heavy atom. The van der Waals surface area contributed by atoms with E-state index in [9.17, 15) is 15.0 Å². The van der Waals surface area contributed by atoms with Gasteiger partial charge >= 0.3 is 0 Å². The van der Waals surface area contributed by atoms with Gasteiger partial charge in [-0.1, -0.05) is 36.9 Å². The Balaban J connectivity index is 1.49. The summed E-state index contributed by atoms with van der Waals surface area (Å²) in [6.07, 6.45) is 4.42. The van der Waals surface area contributed by atoms with Gasteiger partial charge in [0, 0.05) is 11.8 Å². The van der Waals surface area contributed by atoms with Gasteiger partial charge in [0.25, 0.3) is 0 Å². The molecule has 4 nitrogen and oxygen atoms in total. The highest BCUT2D eigenvalue weighted by atomic mass is 16.5. The van der Waals surface area contributed by atoms with Crippen LogP contribution in [-0.2, 0) is 4.79 Å². The molecule has 2 saturated carbocycles. The minimum Gasteiger partial charge on any atom is -0.491 e. The second-order valence-electron chi connectivity index (χ2n) is 6.76. The molecule has 0 bridgehead atoms. The Hall–Kier alpha value is -1.91. The fourth-order valence-corrected chi connectivity index (χ4v) is 3.81. The van der Waals surface area contributed by atoms with Crippen molar-refractivity contribution in [3.63, 3.8) is 0 Å². The van der Waals surface area contributed by atoms with E-state index in [1.54, 1.807) is 0 Å². The zero-order valence-electron chi connectivity index (χ0n) is 13.7. The van der Waals surface area contributed by atoms with E-state index in [4.69, 9.17) is 4.74 Å². The van der Waals surface area contributed by atoms with Gasteiger partial charge in [-0.2, -0.15) is 0 Å².